The monoisotopic (exact) mass is 498 g/mol. The van der Waals surface area contributed by atoms with Crippen molar-refractivity contribution in [2.45, 2.75) is 40.2 Å². The quantitative estimate of drug-likeness (QED) is 0.314. The molecule has 2 amide bonds. The van der Waals surface area contributed by atoms with Gasteiger partial charge >= 0.3 is 6.03 Å². The van der Waals surface area contributed by atoms with E-state index in [0.29, 0.717) is 28.1 Å². The van der Waals surface area contributed by atoms with Gasteiger partial charge in [0.15, 0.2) is 0 Å². The van der Waals surface area contributed by atoms with Crippen molar-refractivity contribution in [1.82, 2.24) is 15.5 Å². The number of amides is 2. The molecular weight excluding hydrogens is 472 g/mol. The van der Waals surface area contributed by atoms with Crippen LogP contribution < -0.4 is 10.2 Å². The molecule has 5 rings (SSSR count). The highest BCUT2D eigenvalue weighted by atomic mass is 35.5. The van der Waals surface area contributed by atoms with E-state index in [9.17, 15) is 4.79 Å². The average molecular weight is 499 g/mol. The Morgan fingerprint density at radius 3 is 2.39 bits per heavy atom. The van der Waals surface area contributed by atoms with Gasteiger partial charge in [-0.05, 0) is 56.0 Å². The molecule has 182 valence electrons. The first-order valence-electron chi connectivity index (χ1n) is 11.9. The third-order valence-electron chi connectivity index (χ3n) is 6.59. The molecule has 7 heteroatoms. The van der Waals surface area contributed by atoms with Crippen LogP contribution in [0.25, 0.3) is 17.0 Å². The predicted molar refractivity (Wildman–Crippen MR) is 143 cm³/mol. The molecular formula is C29H27ClN4O2. The van der Waals surface area contributed by atoms with Crippen molar-refractivity contribution in [2.75, 3.05) is 4.90 Å². The third kappa shape index (κ3) is 4.40. The van der Waals surface area contributed by atoms with Crippen LogP contribution in [0.3, 0.4) is 0 Å². The summed E-state index contributed by atoms with van der Waals surface area (Å²) in [6, 6.07) is 21.0. The molecule has 0 aliphatic carbocycles. The van der Waals surface area contributed by atoms with Crippen LogP contribution in [0.1, 0.15) is 48.0 Å². The summed E-state index contributed by atoms with van der Waals surface area (Å²) >= 11 is 6.40. The molecule has 1 aliphatic rings. The Morgan fingerprint density at radius 1 is 1.00 bits per heavy atom. The zero-order valence-electron chi connectivity index (χ0n) is 20.7. The van der Waals surface area contributed by atoms with Crippen molar-refractivity contribution in [3.8, 4) is 11.4 Å². The Balaban J connectivity index is 1.65. The number of aromatic nitrogens is 2. The van der Waals surface area contributed by atoms with E-state index in [0.717, 1.165) is 34.2 Å². The Morgan fingerprint density at radius 2 is 1.72 bits per heavy atom. The van der Waals surface area contributed by atoms with Crippen molar-refractivity contribution in [2.24, 2.45) is 0 Å². The third-order valence-corrected chi connectivity index (χ3v) is 6.99. The molecule has 4 aromatic rings. The van der Waals surface area contributed by atoms with E-state index < -0.39 is 6.04 Å². The SMILES string of the molecule is CCc1ccc(C2NC(=O)N(c3ccc(C)c(Cl)c3)C(C)=C2c2nc(-c3ccc(C)cc3)no2)cc1. The number of halogens is 1. The highest BCUT2D eigenvalue weighted by Crippen LogP contribution is 2.39. The summed E-state index contributed by atoms with van der Waals surface area (Å²) in [5.41, 5.74) is 7.21. The lowest BCUT2D eigenvalue weighted by Gasteiger charge is -2.35. The van der Waals surface area contributed by atoms with Gasteiger partial charge in [-0.2, -0.15) is 4.98 Å². The fraction of sp³-hybridized carbons (Fsp3) is 0.207. The van der Waals surface area contributed by atoms with Crippen molar-refractivity contribution in [3.05, 3.63) is 106 Å². The van der Waals surface area contributed by atoms with Crippen LogP contribution in [0.2, 0.25) is 5.02 Å². The first-order chi connectivity index (χ1) is 17.4. The zero-order valence-corrected chi connectivity index (χ0v) is 21.4. The number of carbonyl (C=O) groups excluding carboxylic acids is 1. The number of allylic oxidation sites excluding steroid dienone is 1. The summed E-state index contributed by atoms with van der Waals surface area (Å²) in [7, 11) is 0. The van der Waals surface area contributed by atoms with Gasteiger partial charge in [0.1, 0.15) is 0 Å². The molecule has 1 atom stereocenters. The Labute approximate surface area is 215 Å². The van der Waals surface area contributed by atoms with Gasteiger partial charge in [-0.25, -0.2) is 4.79 Å². The minimum Gasteiger partial charge on any atom is -0.334 e. The van der Waals surface area contributed by atoms with Crippen LogP contribution in [0.5, 0.6) is 0 Å². The fourth-order valence-corrected chi connectivity index (χ4v) is 4.58. The maximum atomic E-state index is 13.4. The van der Waals surface area contributed by atoms with Gasteiger partial charge in [-0.1, -0.05) is 83.8 Å². The van der Waals surface area contributed by atoms with Gasteiger partial charge in [-0.15, -0.1) is 0 Å². The molecule has 3 aromatic carbocycles. The number of aryl methyl sites for hydroxylation is 3. The maximum Gasteiger partial charge on any atom is 0.326 e. The summed E-state index contributed by atoms with van der Waals surface area (Å²) < 4.78 is 5.80. The lowest BCUT2D eigenvalue weighted by Crippen LogP contribution is -2.46. The van der Waals surface area contributed by atoms with Gasteiger partial charge in [0.25, 0.3) is 5.89 Å². The summed E-state index contributed by atoms with van der Waals surface area (Å²) in [6.07, 6.45) is 0.935. The van der Waals surface area contributed by atoms with Crippen LogP contribution in [0.15, 0.2) is 77.0 Å². The van der Waals surface area contributed by atoms with Crippen LogP contribution in [0, 0.1) is 13.8 Å². The smallest absolute Gasteiger partial charge is 0.326 e. The lowest BCUT2D eigenvalue weighted by molar-refractivity contribution is 0.244. The second-order valence-corrected chi connectivity index (χ2v) is 9.44. The number of carbonyl (C=O) groups is 1. The largest absolute Gasteiger partial charge is 0.334 e. The zero-order chi connectivity index (χ0) is 25.4. The number of nitrogens with zero attached hydrogens (tertiary/aromatic N) is 3. The van der Waals surface area contributed by atoms with Crippen molar-refractivity contribution in [1.29, 1.82) is 0 Å². The second kappa shape index (κ2) is 9.63. The normalized spacial score (nSPS) is 15.9. The Kier molecular flexibility index (Phi) is 6.37. The van der Waals surface area contributed by atoms with Crippen molar-refractivity contribution in [3.63, 3.8) is 0 Å². The summed E-state index contributed by atoms with van der Waals surface area (Å²) in [6.45, 7) is 7.97. The molecule has 0 fully saturated rings. The number of benzene rings is 3. The van der Waals surface area contributed by atoms with Gasteiger partial charge in [0.05, 0.1) is 17.3 Å². The van der Waals surface area contributed by atoms with E-state index in [1.54, 1.807) is 11.0 Å². The van der Waals surface area contributed by atoms with E-state index in [-0.39, 0.29) is 6.03 Å². The van der Waals surface area contributed by atoms with Crippen LogP contribution in [-0.2, 0) is 6.42 Å². The van der Waals surface area contributed by atoms with E-state index in [1.165, 1.54) is 5.56 Å². The molecule has 0 spiro atoms. The summed E-state index contributed by atoms with van der Waals surface area (Å²) in [4.78, 5) is 19.8. The predicted octanol–water partition coefficient (Wildman–Crippen LogP) is 7.27. The van der Waals surface area contributed by atoms with Crippen molar-refractivity contribution >= 4 is 28.9 Å². The van der Waals surface area contributed by atoms with E-state index in [1.807, 2.05) is 69.3 Å². The van der Waals surface area contributed by atoms with E-state index >= 15 is 0 Å². The fourth-order valence-electron chi connectivity index (χ4n) is 4.40. The van der Waals surface area contributed by atoms with Crippen LogP contribution >= 0.6 is 11.6 Å². The number of urea groups is 1. The van der Waals surface area contributed by atoms with Crippen LogP contribution in [-0.4, -0.2) is 16.2 Å². The molecule has 0 saturated heterocycles. The average Bonchev–Trinajstić information content (AvgIpc) is 3.36. The Bertz CT molecular complexity index is 1460. The first-order valence-corrected chi connectivity index (χ1v) is 12.3. The topological polar surface area (TPSA) is 71.3 Å². The minimum absolute atomic E-state index is 0.251. The van der Waals surface area contributed by atoms with Crippen LogP contribution in [0.4, 0.5) is 10.5 Å². The number of rotatable bonds is 5. The maximum absolute atomic E-state index is 13.4. The Hall–Kier alpha value is -3.90. The van der Waals surface area contributed by atoms with Crippen molar-refractivity contribution < 1.29 is 9.32 Å². The number of hydrogen-bond donors (Lipinski definition) is 1. The van der Waals surface area contributed by atoms with E-state index in [2.05, 4.69) is 29.5 Å². The standard InChI is InChI=1S/C29H27ClN4O2/c1-5-20-9-13-21(14-10-20)26-25(28-32-27(33-36-28)22-11-6-17(2)7-12-22)19(4)34(29(35)31-26)23-15-8-18(3)24(30)16-23/h6-16,26H,5H2,1-4H3,(H,31,35). The molecule has 36 heavy (non-hydrogen) atoms. The molecule has 0 bridgehead atoms. The highest BCUT2D eigenvalue weighted by molar-refractivity contribution is 6.31. The van der Waals surface area contributed by atoms with Gasteiger partial charge in [-0.3, -0.25) is 4.90 Å². The molecule has 1 unspecified atom stereocenters. The van der Waals surface area contributed by atoms with Gasteiger partial charge < -0.3 is 9.84 Å². The summed E-state index contributed by atoms with van der Waals surface area (Å²) in [5.74, 6) is 0.850. The number of nitrogens with one attached hydrogen (secondary N) is 1. The molecule has 0 saturated carbocycles. The molecule has 1 aromatic heterocycles. The highest BCUT2D eigenvalue weighted by Gasteiger charge is 2.36. The van der Waals surface area contributed by atoms with E-state index in [4.69, 9.17) is 21.1 Å². The summed E-state index contributed by atoms with van der Waals surface area (Å²) in [5, 5.41) is 7.99. The molecule has 1 aliphatic heterocycles. The van der Waals surface area contributed by atoms with Gasteiger partial charge in [0.2, 0.25) is 5.82 Å². The lowest BCUT2D eigenvalue weighted by atomic mass is 9.93. The van der Waals surface area contributed by atoms with Gasteiger partial charge in [0, 0.05) is 16.3 Å². The molecule has 0 radical (unpaired) electrons. The molecule has 1 N–H and O–H groups in total. The second-order valence-electron chi connectivity index (χ2n) is 9.03. The number of anilines is 1. The first kappa shape index (κ1) is 23.8. The minimum atomic E-state index is -0.452. The molecule has 6 nitrogen and oxygen atoms in total. The number of hydrogen-bond acceptors (Lipinski definition) is 4. The molecule has 2 heterocycles.